The fourth-order valence-corrected chi connectivity index (χ4v) is 2.77. The van der Waals surface area contributed by atoms with Crippen molar-refractivity contribution in [1.82, 2.24) is 0 Å². The van der Waals surface area contributed by atoms with Crippen LogP contribution < -0.4 is 4.90 Å². The molecule has 18 heavy (non-hydrogen) atoms. The summed E-state index contributed by atoms with van der Waals surface area (Å²) < 4.78 is 38.8. The molecule has 1 aliphatic heterocycles. The number of amides is 1. The zero-order valence-electron chi connectivity index (χ0n) is 8.62. The van der Waals surface area contributed by atoms with Gasteiger partial charge in [0.15, 0.2) is 0 Å². The zero-order chi connectivity index (χ0) is 13.5. The topological polar surface area (TPSA) is 20.3 Å². The fraction of sp³-hybridized carbons (Fsp3) is 0.200. The molecule has 1 saturated heterocycles. The van der Waals surface area contributed by atoms with Crippen molar-refractivity contribution in [2.24, 2.45) is 0 Å². The van der Waals surface area contributed by atoms with Crippen LogP contribution in [0.15, 0.2) is 18.2 Å². The largest absolute Gasteiger partial charge is 0.418 e. The Morgan fingerprint density at radius 3 is 2.56 bits per heavy atom. The number of alkyl halides is 3. The van der Waals surface area contributed by atoms with Crippen molar-refractivity contribution in [3.05, 3.63) is 28.8 Å². The molecular weight excluding hydrogens is 307 g/mol. The van der Waals surface area contributed by atoms with E-state index >= 15 is 0 Å². The van der Waals surface area contributed by atoms with E-state index in [4.69, 9.17) is 23.8 Å². The van der Waals surface area contributed by atoms with Gasteiger partial charge in [-0.05, 0) is 18.2 Å². The van der Waals surface area contributed by atoms with E-state index in [0.29, 0.717) is 0 Å². The molecule has 8 heteroatoms. The second-order valence-electron chi connectivity index (χ2n) is 3.44. The van der Waals surface area contributed by atoms with E-state index in [-0.39, 0.29) is 20.8 Å². The van der Waals surface area contributed by atoms with Crippen LogP contribution in [-0.4, -0.2) is 16.0 Å². The minimum atomic E-state index is -4.59. The number of anilines is 1. The van der Waals surface area contributed by atoms with Gasteiger partial charge >= 0.3 is 6.18 Å². The Labute approximate surface area is 115 Å². The molecule has 0 atom stereocenters. The molecule has 1 amide bonds. The number of benzene rings is 1. The van der Waals surface area contributed by atoms with Crippen molar-refractivity contribution >= 4 is 51.5 Å². The maximum absolute atomic E-state index is 12.9. The number of thiocarbonyl (C=S) groups is 1. The molecule has 0 radical (unpaired) electrons. The number of carbonyl (C=O) groups is 1. The van der Waals surface area contributed by atoms with E-state index in [0.717, 1.165) is 28.8 Å². The monoisotopic (exact) mass is 311 g/mol. The van der Waals surface area contributed by atoms with E-state index < -0.39 is 17.6 Å². The third-order valence-corrected chi connectivity index (χ3v) is 3.85. The van der Waals surface area contributed by atoms with Crippen LogP contribution in [0.4, 0.5) is 18.9 Å². The lowest BCUT2D eigenvalue weighted by Crippen LogP contribution is -2.30. The van der Waals surface area contributed by atoms with Gasteiger partial charge in [0, 0.05) is 5.02 Å². The maximum atomic E-state index is 12.9. The lowest BCUT2D eigenvalue weighted by atomic mass is 10.1. The molecule has 1 aromatic carbocycles. The van der Waals surface area contributed by atoms with Crippen molar-refractivity contribution in [2.45, 2.75) is 6.18 Å². The average molecular weight is 312 g/mol. The van der Waals surface area contributed by atoms with Gasteiger partial charge in [0.2, 0.25) is 5.91 Å². The Bertz CT molecular complexity index is 516. The molecule has 0 aliphatic carbocycles. The predicted octanol–water partition coefficient (Wildman–Crippen LogP) is 3.72. The van der Waals surface area contributed by atoms with Crippen LogP contribution in [0.2, 0.25) is 5.02 Å². The summed E-state index contributed by atoms with van der Waals surface area (Å²) in [4.78, 5) is 12.5. The van der Waals surface area contributed by atoms with Crippen molar-refractivity contribution in [3.8, 4) is 0 Å². The quantitative estimate of drug-likeness (QED) is 0.737. The highest BCUT2D eigenvalue weighted by Crippen LogP contribution is 2.40. The summed E-state index contributed by atoms with van der Waals surface area (Å²) in [6.45, 7) is 0. The summed E-state index contributed by atoms with van der Waals surface area (Å²) in [5.74, 6) is -0.406. The van der Waals surface area contributed by atoms with E-state index in [1.54, 1.807) is 0 Å². The molecule has 0 saturated carbocycles. The summed E-state index contributed by atoms with van der Waals surface area (Å²) in [6, 6.07) is 3.24. The zero-order valence-corrected chi connectivity index (χ0v) is 11.0. The molecular formula is C10H5ClF3NOS2. The third kappa shape index (κ3) is 2.48. The molecule has 2 rings (SSSR count). The number of nitrogens with zero attached hydrogens (tertiary/aromatic N) is 1. The normalized spacial score (nSPS) is 16.6. The minimum absolute atomic E-state index is 0.0451. The molecule has 96 valence electrons. The van der Waals surface area contributed by atoms with Crippen LogP contribution in [0, 0.1) is 0 Å². The Balaban J connectivity index is 2.57. The summed E-state index contributed by atoms with van der Waals surface area (Å²) in [6.07, 6.45) is -4.59. The van der Waals surface area contributed by atoms with Crippen molar-refractivity contribution < 1.29 is 18.0 Å². The minimum Gasteiger partial charge on any atom is -0.273 e. The Morgan fingerprint density at radius 2 is 2.06 bits per heavy atom. The van der Waals surface area contributed by atoms with Gasteiger partial charge in [-0.1, -0.05) is 35.6 Å². The number of hydrogen-bond acceptors (Lipinski definition) is 3. The lowest BCUT2D eigenvalue weighted by Gasteiger charge is -2.20. The first-order valence-electron chi connectivity index (χ1n) is 4.67. The number of carbonyl (C=O) groups excluding carboxylic acids is 1. The second kappa shape index (κ2) is 4.71. The number of rotatable bonds is 1. The van der Waals surface area contributed by atoms with Gasteiger partial charge < -0.3 is 0 Å². The first-order valence-corrected chi connectivity index (χ1v) is 6.44. The lowest BCUT2D eigenvalue weighted by molar-refractivity contribution is -0.137. The molecule has 0 aromatic heterocycles. The summed E-state index contributed by atoms with van der Waals surface area (Å²) in [5.41, 5.74) is -1.24. The third-order valence-electron chi connectivity index (χ3n) is 2.26. The number of halogens is 4. The van der Waals surface area contributed by atoms with Crippen molar-refractivity contribution in [1.29, 1.82) is 0 Å². The smallest absolute Gasteiger partial charge is 0.273 e. The Hall–Kier alpha value is -0.790. The highest BCUT2D eigenvalue weighted by atomic mass is 35.5. The highest BCUT2D eigenvalue weighted by molar-refractivity contribution is 8.24. The van der Waals surface area contributed by atoms with Crippen LogP contribution >= 0.6 is 35.6 Å². The van der Waals surface area contributed by atoms with Gasteiger partial charge in [-0.2, -0.15) is 13.2 Å². The molecule has 1 aromatic rings. The second-order valence-corrected chi connectivity index (χ2v) is 5.49. The molecule has 1 heterocycles. The molecule has 0 bridgehead atoms. The van der Waals surface area contributed by atoms with Gasteiger partial charge in [-0.15, -0.1) is 0 Å². The first-order chi connectivity index (χ1) is 8.30. The SMILES string of the molecule is O=C1CSC(=S)N1c1ccc(Cl)cc1C(F)(F)F. The number of hydrogen-bond donors (Lipinski definition) is 0. The van der Waals surface area contributed by atoms with E-state index in [1.165, 1.54) is 6.07 Å². The van der Waals surface area contributed by atoms with E-state index in [9.17, 15) is 18.0 Å². The Kier molecular flexibility index (Phi) is 3.57. The van der Waals surface area contributed by atoms with Crippen LogP contribution in [0.25, 0.3) is 0 Å². The number of thioether (sulfide) groups is 1. The summed E-state index contributed by atoms with van der Waals surface area (Å²) >= 11 is 11.5. The van der Waals surface area contributed by atoms with Gasteiger partial charge in [0.1, 0.15) is 4.32 Å². The molecule has 2 nitrogen and oxygen atoms in total. The van der Waals surface area contributed by atoms with Crippen LogP contribution in [-0.2, 0) is 11.0 Å². The van der Waals surface area contributed by atoms with E-state index in [1.807, 2.05) is 0 Å². The van der Waals surface area contributed by atoms with Crippen molar-refractivity contribution in [2.75, 3.05) is 10.7 Å². The average Bonchev–Trinajstić information content (AvgIpc) is 2.58. The molecule has 0 unspecified atom stereocenters. The van der Waals surface area contributed by atoms with Crippen LogP contribution in [0.3, 0.4) is 0 Å². The molecule has 1 fully saturated rings. The highest BCUT2D eigenvalue weighted by Gasteiger charge is 2.39. The van der Waals surface area contributed by atoms with Gasteiger partial charge in [0.05, 0.1) is 17.0 Å². The first kappa shape index (κ1) is 13.6. The Morgan fingerprint density at radius 1 is 1.39 bits per heavy atom. The summed E-state index contributed by atoms with van der Waals surface area (Å²) in [5, 5.41) is -0.0451. The van der Waals surface area contributed by atoms with Gasteiger partial charge in [-0.3, -0.25) is 9.69 Å². The maximum Gasteiger partial charge on any atom is 0.418 e. The van der Waals surface area contributed by atoms with Gasteiger partial charge in [-0.25, -0.2) is 0 Å². The molecule has 0 spiro atoms. The van der Waals surface area contributed by atoms with Gasteiger partial charge in [0.25, 0.3) is 0 Å². The standard InChI is InChI=1S/C10H5ClF3NOS2/c11-5-1-2-7(6(3-5)10(12,13)14)15-8(16)4-18-9(15)17/h1-3H,4H2. The fourth-order valence-electron chi connectivity index (χ4n) is 1.52. The van der Waals surface area contributed by atoms with Crippen molar-refractivity contribution in [3.63, 3.8) is 0 Å². The van der Waals surface area contributed by atoms with Crippen LogP contribution in [0.1, 0.15) is 5.56 Å². The predicted molar refractivity (Wildman–Crippen MR) is 69.0 cm³/mol. The molecule has 0 N–H and O–H groups in total. The summed E-state index contributed by atoms with van der Waals surface area (Å²) in [7, 11) is 0. The van der Waals surface area contributed by atoms with Crippen LogP contribution in [0.5, 0.6) is 0 Å². The van der Waals surface area contributed by atoms with E-state index in [2.05, 4.69) is 0 Å². The molecule has 1 aliphatic rings.